The molecule has 12 heteroatoms. The van der Waals surface area contributed by atoms with Gasteiger partial charge in [-0.2, -0.15) is 13.2 Å². The van der Waals surface area contributed by atoms with E-state index >= 15 is 0 Å². The number of nitrogens with zero attached hydrogens (tertiary/aromatic N) is 5. The highest BCUT2D eigenvalue weighted by Crippen LogP contribution is 2.39. The highest BCUT2D eigenvalue weighted by Gasteiger charge is 2.34. The molecule has 1 unspecified atom stereocenters. The number of nitrogens with two attached hydrogens (primary N) is 1. The van der Waals surface area contributed by atoms with Crippen molar-refractivity contribution in [1.82, 2.24) is 15.0 Å². The van der Waals surface area contributed by atoms with Crippen molar-refractivity contribution < 1.29 is 23.1 Å². The first-order chi connectivity index (χ1) is 16.5. The zero-order valence-corrected chi connectivity index (χ0v) is 19.1. The minimum atomic E-state index is -4.44. The first-order valence-corrected chi connectivity index (χ1v) is 11.2. The molecule has 1 saturated carbocycles. The maximum Gasteiger partial charge on any atom is 0.407 e. The monoisotopic (exact) mass is 489 g/mol. The smallest absolute Gasteiger partial charge is 0.404 e. The molecular formula is C23H26F3N7O2. The molecule has 1 amide bonds. The Morgan fingerprint density at radius 1 is 1.31 bits per heavy atom. The number of β-amino-alcohol motifs (C(OH)–C–C–N with tert-alkyl or cyclic N) is 1. The number of halogens is 3. The molecule has 186 valence electrons. The number of hydrogen-bond acceptors (Lipinski definition) is 8. The average molecular weight is 490 g/mol. The van der Waals surface area contributed by atoms with E-state index in [9.17, 15) is 23.1 Å². The topological polar surface area (TPSA) is 130 Å². The van der Waals surface area contributed by atoms with Crippen molar-refractivity contribution in [2.45, 2.75) is 43.9 Å². The summed E-state index contributed by atoms with van der Waals surface area (Å²) in [6.07, 6.45) is 0.169. The Hall–Kier alpha value is -3.54. The van der Waals surface area contributed by atoms with Crippen LogP contribution in [0.25, 0.3) is 5.57 Å². The molecule has 4 rings (SSSR count). The summed E-state index contributed by atoms with van der Waals surface area (Å²) in [6, 6.07) is 6.19. The van der Waals surface area contributed by atoms with Gasteiger partial charge in [-0.15, -0.1) is 0 Å². The lowest BCUT2D eigenvalue weighted by Crippen LogP contribution is -2.30. The molecule has 0 radical (unpaired) electrons. The Labute approximate surface area is 200 Å². The molecule has 2 aliphatic rings. The molecule has 1 aliphatic carbocycles. The van der Waals surface area contributed by atoms with Crippen LogP contribution in [-0.4, -0.2) is 63.6 Å². The first-order valence-electron chi connectivity index (χ1n) is 11.2. The zero-order chi connectivity index (χ0) is 25.2. The number of anilines is 2. The van der Waals surface area contributed by atoms with Crippen LogP contribution < -0.4 is 16.0 Å². The van der Waals surface area contributed by atoms with E-state index in [1.165, 1.54) is 12.1 Å². The van der Waals surface area contributed by atoms with Gasteiger partial charge in [-0.05, 0) is 38.3 Å². The van der Waals surface area contributed by atoms with Crippen LogP contribution in [-0.2, 0) is 0 Å². The van der Waals surface area contributed by atoms with Gasteiger partial charge in [0.05, 0.1) is 11.3 Å². The van der Waals surface area contributed by atoms with Crippen molar-refractivity contribution >= 4 is 29.3 Å². The lowest BCUT2D eigenvalue weighted by Gasteiger charge is -2.21. The van der Waals surface area contributed by atoms with Crippen molar-refractivity contribution in [3.05, 3.63) is 47.7 Å². The maximum atomic E-state index is 12.9. The third kappa shape index (κ3) is 6.53. The van der Waals surface area contributed by atoms with Crippen molar-refractivity contribution in [2.24, 2.45) is 10.7 Å². The third-order valence-electron chi connectivity index (χ3n) is 5.65. The van der Waals surface area contributed by atoms with E-state index in [4.69, 9.17) is 5.73 Å². The van der Waals surface area contributed by atoms with Crippen molar-refractivity contribution in [3.8, 4) is 0 Å². The number of carbonyl (C=O) groups excluding carboxylic acids is 1. The van der Waals surface area contributed by atoms with Crippen LogP contribution in [0.4, 0.5) is 24.8 Å². The molecule has 1 saturated heterocycles. The number of rotatable bonds is 7. The molecule has 1 aliphatic heterocycles. The number of aliphatic hydroxyl groups is 1. The van der Waals surface area contributed by atoms with Crippen LogP contribution in [0, 0.1) is 0 Å². The van der Waals surface area contributed by atoms with E-state index in [-0.39, 0.29) is 22.9 Å². The van der Waals surface area contributed by atoms with Crippen LogP contribution in [0.5, 0.6) is 0 Å². The third-order valence-corrected chi connectivity index (χ3v) is 5.65. The SMILES string of the molecule is CC1(O)CCN(c2cc(NC(=O)c3cccc(/C(C=NCC(F)(F)F)=C/N)n3)nc(C3CC3)n2)C1. The van der Waals surface area contributed by atoms with Gasteiger partial charge in [0.2, 0.25) is 0 Å². The normalized spacial score (nSPS) is 21.1. The van der Waals surface area contributed by atoms with Crippen molar-refractivity contribution in [3.63, 3.8) is 0 Å². The van der Waals surface area contributed by atoms with E-state index in [1.54, 1.807) is 19.1 Å². The van der Waals surface area contributed by atoms with Crippen LogP contribution in [0.2, 0.25) is 0 Å². The van der Waals surface area contributed by atoms with Gasteiger partial charge < -0.3 is 21.1 Å². The second-order valence-corrected chi connectivity index (χ2v) is 8.98. The summed E-state index contributed by atoms with van der Waals surface area (Å²) in [5.74, 6) is 1.27. The number of alkyl halides is 3. The Morgan fingerprint density at radius 2 is 2.06 bits per heavy atom. The number of pyridine rings is 1. The standard InChI is InChI=1S/C23H26F3N7O2/c1-22(35)7-8-33(13-22)19-9-18(30-20(32-19)14-5-6-14)31-21(34)17-4-2-3-16(29-17)15(10-27)11-28-12-23(24,25)26/h2-4,9-11,14,35H,5-8,12-13,27H2,1H3,(H,30,31,32,34)/b15-10+,28-11?. The molecule has 2 aromatic rings. The fraction of sp³-hybridized carbons (Fsp3) is 0.435. The van der Waals surface area contributed by atoms with Gasteiger partial charge in [0, 0.05) is 43.1 Å². The van der Waals surface area contributed by atoms with Gasteiger partial charge in [-0.3, -0.25) is 9.79 Å². The highest BCUT2D eigenvalue weighted by atomic mass is 19.4. The van der Waals surface area contributed by atoms with Gasteiger partial charge in [0.25, 0.3) is 5.91 Å². The van der Waals surface area contributed by atoms with E-state index in [2.05, 4.69) is 25.3 Å². The largest absolute Gasteiger partial charge is 0.407 e. The molecule has 0 spiro atoms. The summed E-state index contributed by atoms with van der Waals surface area (Å²) in [4.78, 5) is 31.6. The molecule has 0 bridgehead atoms. The minimum Gasteiger partial charge on any atom is -0.404 e. The second-order valence-electron chi connectivity index (χ2n) is 8.98. The molecule has 9 nitrogen and oxygen atoms in total. The molecule has 2 aromatic heterocycles. The summed E-state index contributed by atoms with van der Waals surface area (Å²) in [5, 5.41) is 13.1. The van der Waals surface area contributed by atoms with Gasteiger partial charge in [-0.25, -0.2) is 15.0 Å². The van der Waals surface area contributed by atoms with E-state index < -0.39 is 24.2 Å². The number of carbonyl (C=O) groups is 1. The number of allylic oxidation sites excluding steroid dienone is 1. The number of aromatic nitrogens is 3. The Balaban J connectivity index is 1.53. The molecule has 4 N–H and O–H groups in total. The quantitative estimate of drug-likeness (QED) is 0.510. The van der Waals surface area contributed by atoms with E-state index in [0.717, 1.165) is 25.3 Å². The fourth-order valence-corrected chi connectivity index (χ4v) is 3.69. The maximum absolute atomic E-state index is 12.9. The van der Waals surface area contributed by atoms with Crippen molar-refractivity contribution in [2.75, 3.05) is 29.9 Å². The molecule has 0 aromatic carbocycles. The molecule has 3 heterocycles. The molecule has 2 fully saturated rings. The van der Waals surface area contributed by atoms with Gasteiger partial charge >= 0.3 is 6.18 Å². The van der Waals surface area contributed by atoms with Crippen LogP contribution in [0.3, 0.4) is 0 Å². The van der Waals surface area contributed by atoms with Gasteiger partial charge in [-0.1, -0.05) is 6.07 Å². The first kappa shape index (κ1) is 24.6. The van der Waals surface area contributed by atoms with E-state index in [0.29, 0.717) is 37.0 Å². The number of aliphatic imine (C=N–C) groups is 1. The fourth-order valence-electron chi connectivity index (χ4n) is 3.69. The summed E-state index contributed by atoms with van der Waals surface area (Å²) in [6.45, 7) is 1.48. The lowest BCUT2D eigenvalue weighted by molar-refractivity contribution is -0.118. The van der Waals surface area contributed by atoms with Crippen molar-refractivity contribution in [1.29, 1.82) is 0 Å². The Morgan fingerprint density at radius 3 is 2.69 bits per heavy atom. The van der Waals surface area contributed by atoms with Crippen LogP contribution in [0.15, 0.2) is 35.5 Å². The molecule has 1 atom stereocenters. The van der Waals surface area contributed by atoms with Gasteiger partial charge in [0.1, 0.15) is 29.7 Å². The zero-order valence-electron chi connectivity index (χ0n) is 19.1. The number of amides is 1. The van der Waals surface area contributed by atoms with Crippen LogP contribution >= 0.6 is 0 Å². The molecular weight excluding hydrogens is 463 g/mol. The van der Waals surface area contributed by atoms with Crippen LogP contribution in [0.1, 0.15) is 54.1 Å². The molecule has 35 heavy (non-hydrogen) atoms. The summed E-state index contributed by atoms with van der Waals surface area (Å²) in [5.41, 5.74) is 5.10. The van der Waals surface area contributed by atoms with E-state index in [1.807, 2.05) is 4.90 Å². The number of nitrogens with one attached hydrogen (secondary N) is 1. The summed E-state index contributed by atoms with van der Waals surface area (Å²) < 4.78 is 37.1. The second kappa shape index (κ2) is 9.61. The van der Waals surface area contributed by atoms with Gasteiger partial charge in [0.15, 0.2) is 0 Å². The lowest BCUT2D eigenvalue weighted by atomic mass is 10.1. The summed E-state index contributed by atoms with van der Waals surface area (Å²) >= 11 is 0. The Bertz CT molecular complexity index is 1160. The minimum absolute atomic E-state index is 0.0308. The average Bonchev–Trinajstić information content (AvgIpc) is 3.58. The Kier molecular flexibility index (Phi) is 6.75. The predicted octanol–water partition coefficient (Wildman–Crippen LogP) is 2.90. The highest BCUT2D eigenvalue weighted by molar-refractivity contribution is 6.09. The number of hydrogen-bond donors (Lipinski definition) is 3. The summed E-state index contributed by atoms with van der Waals surface area (Å²) in [7, 11) is 0. The predicted molar refractivity (Wildman–Crippen MR) is 125 cm³/mol.